The van der Waals surface area contributed by atoms with Crippen molar-refractivity contribution in [3.63, 3.8) is 0 Å². The van der Waals surface area contributed by atoms with E-state index in [2.05, 4.69) is 9.88 Å². The van der Waals surface area contributed by atoms with E-state index in [1.54, 1.807) is 12.1 Å². The number of rotatable bonds is 4. The molecule has 20 heavy (non-hydrogen) atoms. The number of hydrogen-bond acceptors (Lipinski definition) is 3. The quantitative estimate of drug-likeness (QED) is 0.931. The van der Waals surface area contributed by atoms with Gasteiger partial charge in [-0.2, -0.15) is 0 Å². The number of pyridine rings is 1. The van der Waals surface area contributed by atoms with Crippen molar-refractivity contribution in [2.24, 2.45) is 0 Å². The van der Waals surface area contributed by atoms with E-state index in [-0.39, 0.29) is 12.4 Å². The highest BCUT2D eigenvalue weighted by molar-refractivity contribution is 5.92. The highest BCUT2D eigenvalue weighted by atomic mass is 19.1. The SMILES string of the molecule is Cc1cc(N(CCO)C2CCC2)c2cc(F)ccc2n1. The first-order valence-electron chi connectivity index (χ1n) is 7.13. The zero-order chi connectivity index (χ0) is 14.1. The number of aliphatic hydroxyl groups excluding tert-OH is 1. The van der Waals surface area contributed by atoms with Crippen molar-refractivity contribution in [1.29, 1.82) is 0 Å². The van der Waals surface area contributed by atoms with E-state index < -0.39 is 0 Å². The maximum Gasteiger partial charge on any atom is 0.124 e. The van der Waals surface area contributed by atoms with Crippen LogP contribution in [0, 0.1) is 12.7 Å². The van der Waals surface area contributed by atoms with Crippen LogP contribution in [0.1, 0.15) is 25.0 Å². The van der Waals surface area contributed by atoms with Gasteiger partial charge in [0, 0.05) is 29.4 Å². The number of fused-ring (bicyclic) bond motifs is 1. The van der Waals surface area contributed by atoms with Gasteiger partial charge >= 0.3 is 0 Å². The Morgan fingerprint density at radius 1 is 1.35 bits per heavy atom. The van der Waals surface area contributed by atoms with E-state index in [0.717, 1.165) is 35.1 Å². The second-order valence-electron chi connectivity index (χ2n) is 5.45. The van der Waals surface area contributed by atoms with Crippen molar-refractivity contribution in [1.82, 2.24) is 4.98 Å². The van der Waals surface area contributed by atoms with Crippen molar-refractivity contribution >= 4 is 16.6 Å². The third-order valence-corrected chi connectivity index (χ3v) is 4.04. The Kier molecular flexibility index (Phi) is 3.57. The molecule has 3 rings (SSSR count). The summed E-state index contributed by atoms with van der Waals surface area (Å²) in [4.78, 5) is 6.68. The molecule has 1 aliphatic carbocycles. The van der Waals surface area contributed by atoms with Gasteiger partial charge in [0.15, 0.2) is 0 Å². The summed E-state index contributed by atoms with van der Waals surface area (Å²) < 4.78 is 13.6. The van der Waals surface area contributed by atoms with Crippen LogP contribution in [0.5, 0.6) is 0 Å². The molecule has 0 spiro atoms. The molecule has 1 aromatic heterocycles. The number of aryl methyl sites for hydroxylation is 1. The molecule has 0 aliphatic heterocycles. The Balaban J connectivity index is 2.13. The summed E-state index contributed by atoms with van der Waals surface area (Å²) in [5.41, 5.74) is 2.72. The Labute approximate surface area is 118 Å². The average Bonchev–Trinajstić information content (AvgIpc) is 2.36. The van der Waals surface area contributed by atoms with Gasteiger partial charge in [0.25, 0.3) is 0 Å². The standard InChI is InChI=1S/C16H19FN2O/c1-11-9-16(19(7-8-20)13-3-2-4-13)14-10-12(17)5-6-15(14)18-11/h5-6,9-10,13,20H,2-4,7-8H2,1H3. The molecule has 2 aromatic rings. The Morgan fingerprint density at radius 2 is 2.15 bits per heavy atom. The molecule has 4 heteroatoms. The summed E-state index contributed by atoms with van der Waals surface area (Å²) in [5.74, 6) is -0.248. The van der Waals surface area contributed by atoms with Crippen LogP contribution < -0.4 is 4.90 Å². The van der Waals surface area contributed by atoms with Crippen LogP contribution in [0.25, 0.3) is 10.9 Å². The smallest absolute Gasteiger partial charge is 0.124 e. The van der Waals surface area contributed by atoms with Gasteiger partial charge in [-0.05, 0) is 50.5 Å². The van der Waals surface area contributed by atoms with Gasteiger partial charge in [0.2, 0.25) is 0 Å². The fourth-order valence-corrected chi connectivity index (χ4v) is 2.85. The van der Waals surface area contributed by atoms with Gasteiger partial charge in [0.1, 0.15) is 5.82 Å². The van der Waals surface area contributed by atoms with Crippen molar-refractivity contribution in [3.8, 4) is 0 Å². The van der Waals surface area contributed by atoms with Crippen molar-refractivity contribution in [3.05, 3.63) is 35.8 Å². The Hall–Kier alpha value is -1.68. The highest BCUT2D eigenvalue weighted by Crippen LogP contribution is 2.34. The van der Waals surface area contributed by atoms with E-state index in [1.807, 2.05) is 13.0 Å². The van der Waals surface area contributed by atoms with Crippen LogP contribution in [0.15, 0.2) is 24.3 Å². The van der Waals surface area contributed by atoms with Crippen LogP contribution in [0.4, 0.5) is 10.1 Å². The first kappa shape index (κ1) is 13.3. The van der Waals surface area contributed by atoms with Gasteiger partial charge < -0.3 is 10.0 Å². The van der Waals surface area contributed by atoms with Crippen LogP contribution in [-0.4, -0.2) is 29.3 Å². The molecule has 0 radical (unpaired) electrons. The van der Waals surface area contributed by atoms with Gasteiger partial charge in [-0.25, -0.2) is 4.39 Å². The van der Waals surface area contributed by atoms with E-state index in [9.17, 15) is 9.50 Å². The summed E-state index contributed by atoms with van der Waals surface area (Å²) in [6.07, 6.45) is 3.50. The van der Waals surface area contributed by atoms with Crippen LogP contribution >= 0.6 is 0 Å². The predicted molar refractivity (Wildman–Crippen MR) is 78.5 cm³/mol. The molecule has 106 valence electrons. The van der Waals surface area contributed by atoms with Crippen molar-refractivity contribution in [2.45, 2.75) is 32.2 Å². The summed E-state index contributed by atoms with van der Waals surface area (Å²) in [6.45, 7) is 2.64. The molecule has 1 heterocycles. The maximum atomic E-state index is 13.6. The summed E-state index contributed by atoms with van der Waals surface area (Å²) >= 11 is 0. The molecule has 0 atom stereocenters. The first-order valence-corrected chi connectivity index (χ1v) is 7.13. The van der Waals surface area contributed by atoms with E-state index in [4.69, 9.17) is 0 Å². The minimum Gasteiger partial charge on any atom is -0.395 e. The summed E-state index contributed by atoms with van der Waals surface area (Å²) in [5, 5.41) is 10.2. The highest BCUT2D eigenvalue weighted by Gasteiger charge is 2.26. The molecule has 1 N–H and O–H groups in total. The third kappa shape index (κ3) is 2.36. The second-order valence-corrected chi connectivity index (χ2v) is 5.45. The monoisotopic (exact) mass is 274 g/mol. The molecule has 0 bridgehead atoms. The summed E-state index contributed by atoms with van der Waals surface area (Å²) in [7, 11) is 0. The number of aromatic nitrogens is 1. The lowest BCUT2D eigenvalue weighted by Gasteiger charge is -2.39. The molecule has 0 amide bonds. The van der Waals surface area contributed by atoms with Crippen LogP contribution in [-0.2, 0) is 0 Å². The van der Waals surface area contributed by atoms with Crippen molar-refractivity contribution in [2.75, 3.05) is 18.1 Å². The minimum absolute atomic E-state index is 0.106. The third-order valence-electron chi connectivity index (χ3n) is 4.04. The Bertz CT molecular complexity index is 625. The molecule has 1 fully saturated rings. The molecule has 1 saturated carbocycles. The molecular weight excluding hydrogens is 255 g/mol. The molecule has 0 unspecified atom stereocenters. The lowest BCUT2D eigenvalue weighted by Crippen LogP contribution is -2.42. The maximum absolute atomic E-state index is 13.6. The number of aliphatic hydroxyl groups is 1. The molecule has 3 nitrogen and oxygen atoms in total. The zero-order valence-corrected chi connectivity index (χ0v) is 11.6. The van der Waals surface area contributed by atoms with Gasteiger partial charge in [-0.3, -0.25) is 4.98 Å². The average molecular weight is 274 g/mol. The Morgan fingerprint density at radius 3 is 2.80 bits per heavy atom. The van der Waals surface area contributed by atoms with E-state index >= 15 is 0 Å². The van der Waals surface area contributed by atoms with Crippen LogP contribution in [0.3, 0.4) is 0 Å². The van der Waals surface area contributed by atoms with E-state index in [0.29, 0.717) is 12.6 Å². The predicted octanol–water partition coefficient (Wildman–Crippen LogP) is 3.03. The van der Waals surface area contributed by atoms with Crippen molar-refractivity contribution < 1.29 is 9.50 Å². The lowest BCUT2D eigenvalue weighted by molar-refractivity contribution is 0.284. The number of anilines is 1. The van der Waals surface area contributed by atoms with Gasteiger partial charge in [-0.1, -0.05) is 0 Å². The number of nitrogens with zero attached hydrogens (tertiary/aromatic N) is 2. The summed E-state index contributed by atoms with van der Waals surface area (Å²) in [6, 6.07) is 7.16. The fourth-order valence-electron chi connectivity index (χ4n) is 2.85. The van der Waals surface area contributed by atoms with Gasteiger partial charge in [0.05, 0.1) is 12.1 Å². The minimum atomic E-state index is -0.248. The van der Waals surface area contributed by atoms with E-state index in [1.165, 1.54) is 12.5 Å². The normalized spacial score (nSPS) is 15.3. The second kappa shape index (κ2) is 5.37. The van der Waals surface area contributed by atoms with Gasteiger partial charge in [-0.15, -0.1) is 0 Å². The van der Waals surface area contributed by atoms with Crippen LogP contribution in [0.2, 0.25) is 0 Å². The number of hydrogen-bond donors (Lipinski definition) is 1. The number of halogens is 1. The zero-order valence-electron chi connectivity index (χ0n) is 11.6. The first-order chi connectivity index (χ1) is 9.69. The lowest BCUT2D eigenvalue weighted by atomic mass is 9.90. The topological polar surface area (TPSA) is 36.4 Å². The largest absolute Gasteiger partial charge is 0.395 e. The molecule has 1 aromatic carbocycles. The fraction of sp³-hybridized carbons (Fsp3) is 0.438. The number of benzene rings is 1. The molecule has 0 saturated heterocycles. The molecule has 1 aliphatic rings. The molecular formula is C16H19FN2O.